The normalized spacial score (nSPS) is 19.4. The Morgan fingerprint density at radius 2 is 2.21 bits per heavy atom. The Balaban J connectivity index is 2.29. The zero-order chi connectivity index (χ0) is 14.1. The molecule has 19 heavy (non-hydrogen) atoms. The highest BCUT2D eigenvalue weighted by atomic mass is 16.5. The topological polar surface area (TPSA) is 67.9 Å². The van der Waals surface area contributed by atoms with Crippen LogP contribution in [-0.4, -0.2) is 62.8 Å². The quantitative estimate of drug-likeness (QED) is 0.504. The molecule has 1 N–H and O–H groups in total. The molecule has 0 bridgehead atoms. The van der Waals surface area contributed by atoms with Crippen molar-refractivity contribution in [2.75, 3.05) is 40.0 Å². The van der Waals surface area contributed by atoms with E-state index in [0.29, 0.717) is 19.8 Å². The van der Waals surface area contributed by atoms with Crippen LogP contribution in [0.1, 0.15) is 26.2 Å². The lowest BCUT2D eigenvalue weighted by molar-refractivity contribution is -0.148. The van der Waals surface area contributed by atoms with Crippen LogP contribution in [0, 0.1) is 0 Å². The smallest absolute Gasteiger partial charge is 0.323 e. The number of amides is 1. The van der Waals surface area contributed by atoms with Crippen LogP contribution >= 0.6 is 0 Å². The third kappa shape index (κ3) is 5.57. The average Bonchev–Trinajstić information content (AvgIpc) is 2.83. The summed E-state index contributed by atoms with van der Waals surface area (Å²) in [7, 11) is 1.63. The first-order valence-corrected chi connectivity index (χ1v) is 6.85. The maximum Gasteiger partial charge on any atom is 0.323 e. The Labute approximate surface area is 114 Å². The summed E-state index contributed by atoms with van der Waals surface area (Å²) in [5.41, 5.74) is 0. The molecule has 1 atom stereocenters. The molecule has 1 saturated heterocycles. The van der Waals surface area contributed by atoms with Crippen molar-refractivity contribution in [2.24, 2.45) is 0 Å². The van der Waals surface area contributed by atoms with Crippen molar-refractivity contribution in [3.63, 3.8) is 0 Å². The molecule has 1 amide bonds. The number of carbonyl (C=O) groups excluding carboxylic acids is 2. The van der Waals surface area contributed by atoms with Gasteiger partial charge in [-0.1, -0.05) is 0 Å². The highest BCUT2D eigenvalue weighted by Crippen LogP contribution is 2.17. The summed E-state index contributed by atoms with van der Waals surface area (Å²) in [5.74, 6) is -0.264. The van der Waals surface area contributed by atoms with Gasteiger partial charge in [0.05, 0.1) is 13.2 Å². The molecule has 0 radical (unpaired) electrons. The summed E-state index contributed by atoms with van der Waals surface area (Å²) >= 11 is 0. The monoisotopic (exact) mass is 272 g/mol. The molecule has 1 heterocycles. The van der Waals surface area contributed by atoms with E-state index in [1.165, 1.54) is 0 Å². The van der Waals surface area contributed by atoms with Gasteiger partial charge in [-0.2, -0.15) is 0 Å². The highest BCUT2D eigenvalue weighted by molar-refractivity contribution is 5.80. The molecule has 1 rings (SSSR count). The molecule has 0 saturated carbocycles. The van der Waals surface area contributed by atoms with Crippen molar-refractivity contribution in [3.05, 3.63) is 0 Å². The number of hydrogen-bond acceptors (Lipinski definition) is 5. The van der Waals surface area contributed by atoms with E-state index in [4.69, 9.17) is 9.47 Å². The van der Waals surface area contributed by atoms with E-state index in [9.17, 15) is 9.59 Å². The zero-order valence-corrected chi connectivity index (χ0v) is 11.8. The predicted molar refractivity (Wildman–Crippen MR) is 70.7 cm³/mol. The first-order valence-electron chi connectivity index (χ1n) is 6.85. The average molecular weight is 272 g/mol. The molecule has 0 aromatic heterocycles. The molecule has 1 aliphatic rings. The number of esters is 1. The minimum Gasteiger partial charge on any atom is -0.465 e. The summed E-state index contributed by atoms with van der Waals surface area (Å²) in [5, 5.41) is 2.82. The van der Waals surface area contributed by atoms with E-state index in [-0.39, 0.29) is 24.5 Å². The Morgan fingerprint density at radius 3 is 2.89 bits per heavy atom. The van der Waals surface area contributed by atoms with Crippen LogP contribution in [0.3, 0.4) is 0 Å². The number of nitrogens with one attached hydrogen (secondary N) is 1. The third-order valence-corrected chi connectivity index (χ3v) is 3.12. The number of methoxy groups -OCH3 is 1. The van der Waals surface area contributed by atoms with Crippen molar-refractivity contribution >= 4 is 11.9 Å². The molecule has 110 valence electrons. The van der Waals surface area contributed by atoms with Gasteiger partial charge in [-0.05, 0) is 32.7 Å². The molecule has 1 aliphatic heterocycles. The number of rotatable bonds is 8. The molecule has 6 heteroatoms. The first-order chi connectivity index (χ1) is 9.19. The van der Waals surface area contributed by atoms with E-state index in [1.54, 1.807) is 14.0 Å². The van der Waals surface area contributed by atoms with Gasteiger partial charge >= 0.3 is 5.97 Å². The number of carbonyl (C=O) groups is 2. The van der Waals surface area contributed by atoms with Gasteiger partial charge in [-0.25, -0.2) is 0 Å². The van der Waals surface area contributed by atoms with Gasteiger partial charge in [0.25, 0.3) is 0 Å². The third-order valence-electron chi connectivity index (χ3n) is 3.12. The van der Waals surface area contributed by atoms with Crippen LogP contribution in [0.2, 0.25) is 0 Å². The SMILES string of the molecule is CCOC(=O)C1CCCN1CC(=O)NCCCOC. The van der Waals surface area contributed by atoms with Crippen molar-refractivity contribution in [1.82, 2.24) is 10.2 Å². The van der Waals surface area contributed by atoms with E-state index in [0.717, 1.165) is 25.8 Å². The Kier molecular flexibility index (Phi) is 7.43. The molecular weight excluding hydrogens is 248 g/mol. The number of likely N-dealkylation sites (tertiary alicyclic amines) is 1. The summed E-state index contributed by atoms with van der Waals surface area (Å²) < 4.78 is 9.93. The minimum absolute atomic E-state index is 0.0488. The zero-order valence-electron chi connectivity index (χ0n) is 11.8. The van der Waals surface area contributed by atoms with Crippen molar-refractivity contribution in [3.8, 4) is 0 Å². The lowest BCUT2D eigenvalue weighted by Crippen LogP contribution is -2.43. The largest absolute Gasteiger partial charge is 0.465 e. The van der Waals surface area contributed by atoms with E-state index >= 15 is 0 Å². The van der Waals surface area contributed by atoms with Gasteiger partial charge in [-0.3, -0.25) is 14.5 Å². The summed E-state index contributed by atoms with van der Waals surface area (Å²) in [6, 6.07) is -0.260. The lowest BCUT2D eigenvalue weighted by atomic mass is 10.2. The van der Waals surface area contributed by atoms with Gasteiger partial charge in [0.2, 0.25) is 5.91 Å². The minimum atomic E-state index is -0.260. The summed E-state index contributed by atoms with van der Waals surface area (Å²) in [6.45, 7) is 4.44. The summed E-state index contributed by atoms with van der Waals surface area (Å²) in [4.78, 5) is 25.4. The van der Waals surface area contributed by atoms with Gasteiger partial charge in [0.15, 0.2) is 0 Å². The highest BCUT2D eigenvalue weighted by Gasteiger charge is 2.32. The standard InChI is InChI=1S/C13H24N2O4/c1-3-19-13(17)11-6-4-8-15(11)10-12(16)14-7-5-9-18-2/h11H,3-10H2,1-2H3,(H,14,16). The van der Waals surface area contributed by atoms with Crippen LogP contribution < -0.4 is 5.32 Å². The fraction of sp³-hybridized carbons (Fsp3) is 0.846. The second-order valence-electron chi connectivity index (χ2n) is 4.58. The van der Waals surface area contributed by atoms with Crippen LogP contribution in [0.25, 0.3) is 0 Å². The maximum atomic E-state index is 11.7. The van der Waals surface area contributed by atoms with Crippen LogP contribution in [-0.2, 0) is 19.1 Å². The molecule has 6 nitrogen and oxygen atoms in total. The van der Waals surface area contributed by atoms with Crippen molar-refractivity contribution < 1.29 is 19.1 Å². The summed E-state index contributed by atoms with van der Waals surface area (Å²) in [6.07, 6.45) is 2.50. The molecule has 0 aliphatic carbocycles. The van der Waals surface area contributed by atoms with Crippen molar-refractivity contribution in [2.45, 2.75) is 32.2 Å². The van der Waals surface area contributed by atoms with Crippen LogP contribution in [0.4, 0.5) is 0 Å². The van der Waals surface area contributed by atoms with Crippen LogP contribution in [0.15, 0.2) is 0 Å². The lowest BCUT2D eigenvalue weighted by Gasteiger charge is -2.22. The van der Waals surface area contributed by atoms with Gasteiger partial charge < -0.3 is 14.8 Å². The fourth-order valence-corrected chi connectivity index (χ4v) is 2.21. The van der Waals surface area contributed by atoms with Gasteiger partial charge in [0.1, 0.15) is 6.04 Å². The van der Waals surface area contributed by atoms with Crippen molar-refractivity contribution in [1.29, 1.82) is 0 Å². The van der Waals surface area contributed by atoms with Crippen LogP contribution in [0.5, 0.6) is 0 Å². The first kappa shape index (κ1) is 15.9. The second kappa shape index (κ2) is 8.87. The Morgan fingerprint density at radius 1 is 1.42 bits per heavy atom. The Hall–Kier alpha value is -1.14. The number of ether oxygens (including phenoxy) is 2. The number of hydrogen-bond donors (Lipinski definition) is 1. The maximum absolute atomic E-state index is 11.7. The Bertz CT molecular complexity index is 296. The number of nitrogens with zero attached hydrogens (tertiary/aromatic N) is 1. The van der Waals surface area contributed by atoms with E-state index < -0.39 is 0 Å². The van der Waals surface area contributed by atoms with E-state index in [2.05, 4.69) is 5.32 Å². The fourth-order valence-electron chi connectivity index (χ4n) is 2.21. The van der Waals surface area contributed by atoms with Gasteiger partial charge in [-0.15, -0.1) is 0 Å². The molecule has 1 unspecified atom stereocenters. The van der Waals surface area contributed by atoms with Gasteiger partial charge in [0, 0.05) is 20.3 Å². The predicted octanol–water partition coefficient (Wildman–Crippen LogP) is 0.167. The van der Waals surface area contributed by atoms with E-state index in [1.807, 2.05) is 4.90 Å². The second-order valence-corrected chi connectivity index (χ2v) is 4.58. The molecule has 1 fully saturated rings. The molecule has 0 aromatic rings. The molecular formula is C13H24N2O4. The molecule has 0 aromatic carbocycles. The molecule has 0 spiro atoms.